The number of hydrogen-bond donors (Lipinski definition) is 2. The van der Waals surface area contributed by atoms with E-state index in [0.717, 1.165) is 11.3 Å². The largest absolute Gasteiger partial charge is 0.492 e. The summed E-state index contributed by atoms with van der Waals surface area (Å²) >= 11 is 0. The van der Waals surface area contributed by atoms with Gasteiger partial charge in [-0.3, -0.25) is 4.79 Å². The predicted molar refractivity (Wildman–Crippen MR) is 95.9 cm³/mol. The number of hydrogen-bond acceptors (Lipinski definition) is 4. The van der Waals surface area contributed by atoms with E-state index in [0.29, 0.717) is 6.61 Å². The lowest BCUT2D eigenvalue weighted by Crippen LogP contribution is -2.45. The molecule has 2 rings (SSSR count). The molecule has 0 aromatic heterocycles. The fourth-order valence-electron chi connectivity index (χ4n) is 2.08. The number of nitrogens with one attached hydrogen (secondary N) is 2. The van der Waals surface area contributed by atoms with Crippen LogP contribution in [0.2, 0.25) is 0 Å². The Kier molecular flexibility index (Phi) is 6.55. The van der Waals surface area contributed by atoms with Crippen LogP contribution in [0.5, 0.6) is 5.75 Å². The molecule has 0 heterocycles. The van der Waals surface area contributed by atoms with Crippen LogP contribution in [0.3, 0.4) is 0 Å². The minimum Gasteiger partial charge on any atom is -0.492 e. The van der Waals surface area contributed by atoms with Crippen LogP contribution in [0, 0.1) is 6.92 Å². The third kappa shape index (κ3) is 5.88. The van der Waals surface area contributed by atoms with Crippen molar-refractivity contribution in [2.24, 2.45) is 0 Å². The van der Waals surface area contributed by atoms with Crippen LogP contribution in [0.4, 0.5) is 0 Å². The number of rotatable bonds is 8. The van der Waals surface area contributed by atoms with Crippen LogP contribution in [-0.2, 0) is 14.8 Å². The highest BCUT2D eigenvalue weighted by Gasteiger charge is 2.21. The highest BCUT2D eigenvalue weighted by molar-refractivity contribution is 7.89. The molecule has 6 nitrogen and oxygen atoms in total. The van der Waals surface area contributed by atoms with Crippen molar-refractivity contribution in [1.29, 1.82) is 0 Å². The summed E-state index contributed by atoms with van der Waals surface area (Å²) in [5.74, 6) is 0.310. The van der Waals surface area contributed by atoms with Gasteiger partial charge in [-0.1, -0.05) is 35.9 Å². The molecule has 0 aliphatic heterocycles. The van der Waals surface area contributed by atoms with E-state index < -0.39 is 22.0 Å². The molecule has 2 aromatic rings. The van der Waals surface area contributed by atoms with E-state index in [-0.39, 0.29) is 11.4 Å². The Bertz CT molecular complexity index is 790. The van der Waals surface area contributed by atoms with Gasteiger partial charge in [0.15, 0.2) is 0 Å². The number of ether oxygens (including phenoxy) is 1. The summed E-state index contributed by atoms with van der Waals surface area (Å²) in [6.07, 6.45) is 0. The first-order valence-electron chi connectivity index (χ1n) is 7.93. The van der Waals surface area contributed by atoms with Crippen LogP contribution in [0.25, 0.3) is 0 Å². The molecule has 2 aromatic carbocycles. The summed E-state index contributed by atoms with van der Waals surface area (Å²) in [4.78, 5) is 12.1. The molecule has 0 aliphatic carbocycles. The number of benzene rings is 2. The summed E-state index contributed by atoms with van der Waals surface area (Å²) in [5, 5.41) is 2.65. The van der Waals surface area contributed by atoms with Crippen molar-refractivity contribution in [3.05, 3.63) is 60.2 Å². The molecule has 0 spiro atoms. The van der Waals surface area contributed by atoms with Gasteiger partial charge in [-0.05, 0) is 38.1 Å². The maximum Gasteiger partial charge on any atom is 0.241 e. The summed E-state index contributed by atoms with van der Waals surface area (Å²) in [6.45, 7) is 4.07. The number of aryl methyl sites for hydroxylation is 1. The van der Waals surface area contributed by atoms with Crippen molar-refractivity contribution in [1.82, 2.24) is 10.0 Å². The molecule has 0 unspecified atom stereocenters. The second-order valence-corrected chi connectivity index (χ2v) is 7.32. The van der Waals surface area contributed by atoms with Gasteiger partial charge in [-0.15, -0.1) is 0 Å². The zero-order valence-corrected chi connectivity index (χ0v) is 15.0. The molecule has 0 aliphatic rings. The van der Waals surface area contributed by atoms with Gasteiger partial charge in [0.25, 0.3) is 0 Å². The highest BCUT2D eigenvalue weighted by atomic mass is 32.2. The van der Waals surface area contributed by atoms with Crippen molar-refractivity contribution in [3.63, 3.8) is 0 Å². The quantitative estimate of drug-likeness (QED) is 0.702. The molecule has 7 heteroatoms. The number of amides is 1. The Labute approximate surface area is 148 Å². The van der Waals surface area contributed by atoms with Crippen molar-refractivity contribution in [2.75, 3.05) is 13.2 Å². The number of sulfonamides is 1. The molecule has 0 bridgehead atoms. The fourth-order valence-corrected chi connectivity index (χ4v) is 3.31. The van der Waals surface area contributed by atoms with Gasteiger partial charge < -0.3 is 10.1 Å². The third-order valence-electron chi connectivity index (χ3n) is 3.47. The van der Waals surface area contributed by atoms with Crippen LogP contribution >= 0.6 is 0 Å². The van der Waals surface area contributed by atoms with Gasteiger partial charge in [0.2, 0.25) is 15.9 Å². The first kappa shape index (κ1) is 19.0. The highest BCUT2D eigenvalue weighted by Crippen LogP contribution is 2.11. The van der Waals surface area contributed by atoms with Crippen LogP contribution in [0.15, 0.2) is 59.5 Å². The molecule has 2 N–H and O–H groups in total. The Balaban J connectivity index is 1.77. The van der Waals surface area contributed by atoms with Gasteiger partial charge in [0.1, 0.15) is 12.4 Å². The second kappa shape index (κ2) is 8.64. The lowest BCUT2D eigenvalue weighted by Gasteiger charge is -2.14. The maximum atomic E-state index is 12.2. The smallest absolute Gasteiger partial charge is 0.241 e. The summed E-state index contributed by atoms with van der Waals surface area (Å²) in [5.41, 5.74) is 1.14. The first-order chi connectivity index (χ1) is 11.9. The molecule has 0 saturated carbocycles. The number of carbonyl (C=O) groups is 1. The van der Waals surface area contributed by atoms with Gasteiger partial charge in [0.05, 0.1) is 17.5 Å². The second-order valence-electron chi connectivity index (χ2n) is 5.61. The number of carbonyl (C=O) groups excluding carboxylic acids is 1. The minimum atomic E-state index is -3.72. The van der Waals surface area contributed by atoms with Crippen molar-refractivity contribution >= 4 is 15.9 Å². The Morgan fingerprint density at radius 1 is 1.08 bits per heavy atom. The Morgan fingerprint density at radius 3 is 2.36 bits per heavy atom. The van der Waals surface area contributed by atoms with Gasteiger partial charge >= 0.3 is 0 Å². The molecule has 0 saturated heterocycles. The monoisotopic (exact) mass is 362 g/mol. The van der Waals surface area contributed by atoms with Crippen LogP contribution in [-0.4, -0.2) is 33.5 Å². The van der Waals surface area contributed by atoms with Gasteiger partial charge in [-0.25, -0.2) is 8.42 Å². The third-order valence-corrected chi connectivity index (χ3v) is 5.03. The molecular formula is C18H22N2O4S. The fraction of sp³-hybridized carbons (Fsp3) is 0.278. The Morgan fingerprint density at radius 2 is 1.72 bits per heavy atom. The van der Waals surface area contributed by atoms with E-state index in [9.17, 15) is 13.2 Å². The van der Waals surface area contributed by atoms with E-state index in [1.54, 1.807) is 18.2 Å². The van der Waals surface area contributed by atoms with Gasteiger partial charge in [-0.2, -0.15) is 4.72 Å². The van der Waals surface area contributed by atoms with Crippen LogP contribution in [0.1, 0.15) is 12.5 Å². The molecule has 134 valence electrons. The summed E-state index contributed by atoms with van der Waals surface area (Å²) in [7, 11) is -3.72. The minimum absolute atomic E-state index is 0.123. The molecule has 0 radical (unpaired) electrons. The molecule has 0 fully saturated rings. The van der Waals surface area contributed by atoms with Gasteiger partial charge in [0, 0.05) is 0 Å². The average Bonchev–Trinajstić information content (AvgIpc) is 2.60. The molecule has 25 heavy (non-hydrogen) atoms. The molecule has 1 atom stereocenters. The normalized spacial score (nSPS) is 12.4. The summed E-state index contributed by atoms with van der Waals surface area (Å²) in [6, 6.07) is 14.6. The molecular weight excluding hydrogens is 340 g/mol. The van der Waals surface area contributed by atoms with E-state index in [1.807, 2.05) is 31.2 Å². The van der Waals surface area contributed by atoms with Crippen molar-refractivity contribution < 1.29 is 17.9 Å². The Hall–Kier alpha value is -2.38. The predicted octanol–water partition coefficient (Wildman–Crippen LogP) is 1.86. The van der Waals surface area contributed by atoms with E-state index >= 15 is 0 Å². The molecule has 1 amide bonds. The average molecular weight is 362 g/mol. The SMILES string of the molecule is Cc1ccc(OCCNC(=O)[C@H](C)NS(=O)(=O)c2ccccc2)cc1. The van der Waals surface area contributed by atoms with Crippen molar-refractivity contribution in [2.45, 2.75) is 24.8 Å². The van der Waals surface area contributed by atoms with Crippen molar-refractivity contribution in [3.8, 4) is 5.75 Å². The van der Waals surface area contributed by atoms with E-state index in [4.69, 9.17) is 4.74 Å². The lowest BCUT2D eigenvalue weighted by atomic mass is 10.2. The zero-order valence-electron chi connectivity index (χ0n) is 14.2. The van der Waals surface area contributed by atoms with E-state index in [2.05, 4.69) is 10.0 Å². The zero-order chi connectivity index (χ0) is 18.3. The van der Waals surface area contributed by atoms with Crippen LogP contribution < -0.4 is 14.8 Å². The summed E-state index contributed by atoms with van der Waals surface area (Å²) < 4.78 is 32.2. The van der Waals surface area contributed by atoms with E-state index in [1.165, 1.54) is 19.1 Å². The standard InChI is InChI=1S/C18H22N2O4S/c1-14-8-10-16(11-9-14)24-13-12-19-18(21)15(2)20-25(22,23)17-6-4-3-5-7-17/h3-11,15,20H,12-13H2,1-2H3,(H,19,21)/t15-/m0/s1. The maximum absolute atomic E-state index is 12.2. The lowest BCUT2D eigenvalue weighted by molar-refractivity contribution is -0.122. The first-order valence-corrected chi connectivity index (χ1v) is 9.41. The topological polar surface area (TPSA) is 84.5 Å².